The highest BCUT2D eigenvalue weighted by atomic mass is 16.5. The van der Waals surface area contributed by atoms with E-state index < -0.39 is 12.1 Å². The third-order valence-electron chi connectivity index (χ3n) is 5.14. The molecule has 1 aliphatic heterocycles. The van der Waals surface area contributed by atoms with Crippen molar-refractivity contribution in [2.75, 3.05) is 6.54 Å². The minimum absolute atomic E-state index is 0.0618. The Balaban J connectivity index is 1.81. The number of esters is 1. The molecule has 0 radical (unpaired) electrons. The number of ether oxygens (including phenoxy) is 1. The maximum Gasteiger partial charge on any atom is 0.338 e. The van der Waals surface area contributed by atoms with Crippen LogP contribution in [-0.4, -0.2) is 34.1 Å². The Kier molecular flexibility index (Phi) is 6.67. The summed E-state index contributed by atoms with van der Waals surface area (Å²) in [6, 6.07) is 4.76. The van der Waals surface area contributed by atoms with Crippen molar-refractivity contribution < 1.29 is 14.3 Å². The van der Waals surface area contributed by atoms with Crippen molar-refractivity contribution in [2.24, 2.45) is 5.92 Å². The summed E-state index contributed by atoms with van der Waals surface area (Å²) >= 11 is 0. The molecule has 1 amide bonds. The van der Waals surface area contributed by atoms with E-state index >= 15 is 0 Å². The molecule has 2 aromatic rings. The first-order chi connectivity index (χ1) is 13.9. The smallest absolute Gasteiger partial charge is 0.338 e. The molecule has 1 aromatic heterocycles. The van der Waals surface area contributed by atoms with Crippen LogP contribution in [0.3, 0.4) is 0 Å². The minimum atomic E-state index is -0.897. The van der Waals surface area contributed by atoms with Gasteiger partial charge in [0.1, 0.15) is 5.82 Å². The van der Waals surface area contributed by atoms with Crippen LogP contribution in [0.5, 0.6) is 0 Å². The van der Waals surface area contributed by atoms with Gasteiger partial charge in [-0.3, -0.25) is 14.2 Å². The second-order valence-corrected chi connectivity index (χ2v) is 8.07. The van der Waals surface area contributed by atoms with E-state index in [1.165, 1.54) is 0 Å². The van der Waals surface area contributed by atoms with E-state index in [2.05, 4.69) is 10.3 Å². The molecule has 0 saturated heterocycles. The maximum atomic E-state index is 12.9. The van der Waals surface area contributed by atoms with Crippen LogP contribution in [-0.2, 0) is 22.5 Å². The molecule has 0 saturated carbocycles. The van der Waals surface area contributed by atoms with Crippen LogP contribution in [0.15, 0.2) is 23.0 Å². The molecule has 7 nitrogen and oxygen atoms in total. The molecule has 0 bridgehead atoms. The topological polar surface area (TPSA) is 90.3 Å². The first-order valence-electron chi connectivity index (χ1n) is 10.4. The number of amides is 1. The van der Waals surface area contributed by atoms with Crippen LogP contribution < -0.4 is 10.9 Å². The quantitative estimate of drug-likeness (QED) is 0.781. The lowest BCUT2D eigenvalue weighted by atomic mass is 10.1. The second-order valence-electron chi connectivity index (χ2n) is 8.07. The zero-order chi connectivity index (χ0) is 21.0. The van der Waals surface area contributed by atoms with Crippen molar-refractivity contribution in [1.29, 1.82) is 0 Å². The van der Waals surface area contributed by atoms with Crippen molar-refractivity contribution in [3.63, 3.8) is 0 Å². The third-order valence-corrected chi connectivity index (χ3v) is 5.14. The van der Waals surface area contributed by atoms with Gasteiger partial charge in [-0.1, -0.05) is 26.7 Å². The van der Waals surface area contributed by atoms with E-state index in [-0.39, 0.29) is 17.0 Å². The van der Waals surface area contributed by atoms with Gasteiger partial charge >= 0.3 is 5.97 Å². The molecule has 0 aliphatic carbocycles. The fourth-order valence-electron chi connectivity index (χ4n) is 3.45. The molecule has 1 atom stereocenters. The minimum Gasteiger partial charge on any atom is -0.449 e. The lowest BCUT2D eigenvalue weighted by molar-refractivity contribution is -0.129. The lowest BCUT2D eigenvalue weighted by Gasteiger charge is -2.17. The number of nitrogens with zero attached hydrogens (tertiary/aromatic N) is 2. The monoisotopic (exact) mass is 399 g/mol. The Hall–Kier alpha value is -2.70. The number of aryl methyl sites for hydroxylation is 1. The molecule has 1 aliphatic rings. The van der Waals surface area contributed by atoms with E-state index in [1.54, 1.807) is 29.7 Å². The Morgan fingerprint density at radius 1 is 1.17 bits per heavy atom. The van der Waals surface area contributed by atoms with Crippen LogP contribution in [0.4, 0.5) is 0 Å². The van der Waals surface area contributed by atoms with Gasteiger partial charge in [0.25, 0.3) is 11.5 Å². The van der Waals surface area contributed by atoms with Gasteiger partial charge in [-0.15, -0.1) is 0 Å². The molecule has 0 spiro atoms. The van der Waals surface area contributed by atoms with Crippen LogP contribution in [0.2, 0.25) is 0 Å². The summed E-state index contributed by atoms with van der Waals surface area (Å²) in [6.45, 7) is 6.73. The number of fused-ring (bicyclic) bond motifs is 2. The van der Waals surface area contributed by atoms with Gasteiger partial charge in [0.2, 0.25) is 0 Å². The van der Waals surface area contributed by atoms with Crippen molar-refractivity contribution in [3.8, 4) is 0 Å². The first-order valence-corrected chi connectivity index (χ1v) is 10.4. The number of carbonyl (C=O) groups excluding carboxylic acids is 2. The van der Waals surface area contributed by atoms with E-state index in [9.17, 15) is 14.4 Å². The van der Waals surface area contributed by atoms with Gasteiger partial charge in [0.05, 0.1) is 16.5 Å². The maximum absolute atomic E-state index is 12.9. The van der Waals surface area contributed by atoms with Crippen molar-refractivity contribution in [3.05, 3.63) is 39.9 Å². The van der Waals surface area contributed by atoms with Crippen LogP contribution >= 0.6 is 0 Å². The van der Waals surface area contributed by atoms with E-state index in [0.717, 1.165) is 37.9 Å². The zero-order valence-corrected chi connectivity index (χ0v) is 17.4. The zero-order valence-electron chi connectivity index (χ0n) is 17.4. The SMILES string of the molecule is CC(C)CNC(=O)[C@H](C)OC(=O)c1ccc2c(=O)n3c(nc2c1)CCCCCC3. The molecule has 3 rings (SSSR count). The lowest BCUT2D eigenvalue weighted by Crippen LogP contribution is -2.37. The highest BCUT2D eigenvalue weighted by Gasteiger charge is 2.20. The predicted octanol–water partition coefficient (Wildman–Crippen LogP) is 2.83. The van der Waals surface area contributed by atoms with Crippen LogP contribution in [0.25, 0.3) is 10.9 Å². The number of aromatic nitrogens is 2. The molecule has 0 unspecified atom stereocenters. The molecular weight excluding hydrogens is 370 g/mol. The largest absolute Gasteiger partial charge is 0.449 e. The van der Waals surface area contributed by atoms with Gasteiger partial charge in [-0.05, 0) is 43.9 Å². The summed E-state index contributed by atoms with van der Waals surface area (Å²) in [5, 5.41) is 3.24. The summed E-state index contributed by atoms with van der Waals surface area (Å²) in [6.07, 6.45) is 4.09. The molecule has 0 fully saturated rings. The average molecular weight is 399 g/mol. The molecule has 29 heavy (non-hydrogen) atoms. The van der Waals surface area contributed by atoms with E-state index in [0.29, 0.717) is 29.9 Å². The molecule has 1 aromatic carbocycles. The normalized spacial score (nSPS) is 15.3. The number of hydrogen-bond acceptors (Lipinski definition) is 5. The molecular formula is C22H29N3O4. The van der Waals surface area contributed by atoms with Crippen LogP contribution in [0.1, 0.15) is 62.6 Å². The number of rotatable bonds is 5. The Labute approximate surface area is 170 Å². The Bertz CT molecular complexity index is 964. The standard InChI is InChI=1S/C22H29N3O4/c1-14(2)13-23-20(26)15(3)29-22(28)16-9-10-17-18(12-16)24-19-8-6-4-5-7-11-25(19)21(17)27/h9-10,12,14-15H,4-8,11,13H2,1-3H3,(H,23,26)/t15-/m0/s1. The van der Waals surface area contributed by atoms with Gasteiger partial charge in [-0.2, -0.15) is 0 Å². The Morgan fingerprint density at radius 2 is 1.93 bits per heavy atom. The number of hydrogen-bond donors (Lipinski definition) is 1. The summed E-state index contributed by atoms with van der Waals surface area (Å²) in [5.74, 6) is 0.152. The highest BCUT2D eigenvalue weighted by Crippen LogP contribution is 2.17. The van der Waals surface area contributed by atoms with Gasteiger partial charge in [-0.25, -0.2) is 9.78 Å². The second kappa shape index (κ2) is 9.20. The average Bonchev–Trinajstić information content (AvgIpc) is 2.67. The van der Waals surface area contributed by atoms with Crippen molar-refractivity contribution in [1.82, 2.24) is 14.9 Å². The van der Waals surface area contributed by atoms with E-state index in [1.807, 2.05) is 13.8 Å². The molecule has 156 valence electrons. The number of carbonyl (C=O) groups is 2. The fraction of sp³-hybridized carbons (Fsp3) is 0.545. The summed E-state index contributed by atoms with van der Waals surface area (Å²) < 4.78 is 7.06. The van der Waals surface area contributed by atoms with Crippen LogP contribution in [0, 0.1) is 5.92 Å². The predicted molar refractivity (Wildman–Crippen MR) is 111 cm³/mol. The molecule has 2 heterocycles. The summed E-state index contributed by atoms with van der Waals surface area (Å²) in [7, 11) is 0. The summed E-state index contributed by atoms with van der Waals surface area (Å²) in [5.41, 5.74) is 0.713. The molecule has 7 heteroatoms. The number of nitrogens with one attached hydrogen (secondary N) is 1. The Morgan fingerprint density at radius 3 is 2.69 bits per heavy atom. The highest BCUT2D eigenvalue weighted by molar-refractivity contribution is 5.95. The van der Waals surface area contributed by atoms with Gasteiger partial charge < -0.3 is 10.1 Å². The summed E-state index contributed by atoms with van der Waals surface area (Å²) in [4.78, 5) is 42.1. The number of benzene rings is 1. The van der Waals surface area contributed by atoms with Crippen molar-refractivity contribution in [2.45, 2.75) is 65.5 Å². The third kappa shape index (κ3) is 5.02. The van der Waals surface area contributed by atoms with Gasteiger partial charge in [0.15, 0.2) is 6.10 Å². The fourth-order valence-corrected chi connectivity index (χ4v) is 3.45. The first kappa shape index (κ1) is 21.0. The molecule has 1 N–H and O–H groups in total. The van der Waals surface area contributed by atoms with Crippen molar-refractivity contribution >= 4 is 22.8 Å². The van der Waals surface area contributed by atoms with Gasteiger partial charge in [0, 0.05) is 19.5 Å². The van der Waals surface area contributed by atoms with E-state index in [4.69, 9.17) is 4.74 Å².